The van der Waals surface area contributed by atoms with Gasteiger partial charge in [-0.3, -0.25) is 14.2 Å². The predicted molar refractivity (Wildman–Crippen MR) is 162 cm³/mol. The van der Waals surface area contributed by atoms with Crippen LogP contribution in [0.1, 0.15) is 87.8 Å². The van der Waals surface area contributed by atoms with E-state index < -0.39 is 11.1 Å². The summed E-state index contributed by atoms with van der Waals surface area (Å²) in [6.07, 6.45) is 11.5. The summed E-state index contributed by atoms with van der Waals surface area (Å²) in [7, 11) is 0. The van der Waals surface area contributed by atoms with Crippen LogP contribution in [0.15, 0.2) is 39.9 Å². The lowest BCUT2D eigenvalue weighted by Crippen LogP contribution is -2.33. The fourth-order valence-corrected chi connectivity index (χ4v) is 6.99. The maximum absolute atomic E-state index is 13.7. The average Bonchev–Trinajstić information content (AvgIpc) is 2.98. The largest absolute Gasteiger partial charge is 0.274 e. The van der Waals surface area contributed by atoms with Crippen molar-refractivity contribution in [3.05, 3.63) is 67.7 Å². The minimum atomic E-state index is -0.395. The van der Waals surface area contributed by atoms with Gasteiger partial charge in [0.15, 0.2) is 0 Å². The maximum Gasteiger partial charge on any atom is 0.261 e. The molecule has 3 aromatic carbocycles. The van der Waals surface area contributed by atoms with Crippen LogP contribution in [0.25, 0.3) is 41.7 Å². The Labute approximate surface area is 236 Å². The van der Waals surface area contributed by atoms with Gasteiger partial charge in [0.2, 0.25) is 0 Å². The topological polar surface area (TPSA) is 110 Å². The number of nitrogens with zero attached hydrogens (tertiary/aromatic N) is 4. The molecule has 0 saturated heterocycles. The second-order valence-corrected chi connectivity index (χ2v) is 11.5. The number of pyridine rings is 1. The highest BCUT2D eigenvalue weighted by Gasteiger charge is 2.23. The van der Waals surface area contributed by atoms with E-state index in [0.29, 0.717) is 60.3 Å². The summed E-state index contributed by atoms with van der Waals surface area (Å²) >= 11 is 1.37. The number of nitriles is 3. The van der Waals surface area contributed by atoms with Crippen LogP contribution in [0.3, 0.4) is 0 Å². The van der Waals surface area contributed by atoms with Crippen molar-refractivity contribution < 1.29 is 0 Å². The van der Waals surface area contributed by atoms with E-state index >= 15 is 0 Å². The van der Waals surface area contributed by atoms with Gasteiger partial charge >= 0.3 is 0 Å². The Morgan fingerprint density at radius 3 is 1.88 bits per heavy atom. The summed E-state index contributed by atoms with van der Waals surface area (Å²) in [6.45, 7) is 2.53. The van der Waals surface area contributed by atoms with Crippen LogP contribution >= 0.6 is 11.3 Å². The van der Waals surface area contributed by atoms with Gasteiger partial charge in [0.25, 0.3) is 11.1 Å². The first-order valence-corrected chi connectivity index (χ1v) is 14.9. The van der Waals surface area contributed by atoms with Crippen molar-refractivity contribution in [2.75, 3.05) is 0 Å². The fourth-order valence-electron chi connectivity index (χ4n) is 5.84. The number of aromatic nitrogens is 1. The van der Waals surface area contributed by atoms with Gasteiger partial charge in [0.05, 0.1) is 44.3 Å². The van der Waals surface area contributed by atoms with Crippen molar-refractivity contribution in [3.8, 4) is 18.2 Å². The molecule has 2 heterocycles. The second kappa shape index (κ2) is 11.9. The van der Waals surface area contributed by atoms with E-state index in [1.54, 1.807) is 24.3 Å². The van der Waals surface area contributed by atoms with Crippen LogP contribution in [-0.2, 0) is 6.54 Å². The predicted octanol–water partition coefficient (Wildman–Crippen LogP) is 7.86. The van der Waals surface area contributed by atoms with Gasteiger partial charge in [-0.15, -0.1) is 11.3 Å². The summed E-state index contributed by atoms with van der Waals surface area (Å²) in [4.78, 5) is 27.4. The highest BCUT2D eigenvalue weighted by Crippen LogP contribution is 2.43. The number of benzene rings is 3. The van der Waals surface area contributed by atoms with E-state index in [1.807, 2.05) is 6.07 Å². The van der Waals surface area contributed by atoms with Gasteiger partial charge in [-0.25, -0.2) is 0 Å². The monoisotopic (exact) mass is 546 g/mol. The molecule has 0 radical (unpaired) electrons. The SMILES string of the molecule is CCCCCCCCCCCCn1c(=O)c2cc(C#N)c3sc4ccc(C#N)cc4c4c(C#N)cc(c1=O)c2c34. The van der Waals surface area contributed by atoms with Crippen LogP contribution < -0.4 is 11.1 Å². The standard InChI is InChI=1S/C33H30N4O2S/c1-2-3-4-5-6-7-8-9-10-11-14-37-32(38)25-16-22(19-35)28-24-15-21(18-34)12-13-27(24)40-31-23(20-36)17-26(33(37)39)29(25)30(28)31/h12-13,15-17H,2-11,14H2,1H3. The molecule has 5 aromatic rings. The Bertz CT molecular complexity index is 1950. The Kier molecular flexibility index (Phi) is 8.11. The summed E-state index contributed by atoms with van der Waals surface area (Å²) in [5.74, 6) is 0. The molecule has 6 nitrogen and oxygen atoms in total. The third-order valence-corrected chi connectivity index (χ3v) is 9.08. The lowest BCUT2D eigenvalue weighted by molar-refractivity contribution is 0.527. The molecule has 0 aliphatic rings. The van der Waals surface area contributed by atoms with Crippen molar-refractivity contribution in [1.29, 1.82) is 15.8 Å². The first-order valence-electron chi connectivity index (χ1n) is 14.1. The normalized spacial score (nSPS) is 11.3. The molecule has 0 aliphatic carbocycles. The Hall–Kier alpha value is -4.25. The molecule has 40 heavy (non-hydrogen) atoms. The molecule has 7 heteroatoms. The number of hydrogen-bond donors (Lipinski definition) is 0. The summed E-state index contributed by atoms with van der Waals surface area (Å²) < 4.78 is 2.73. The molecule has 0 saturated carbocycles. The average molecular weight is 547 g/mol. The van der Waals surface area contributed by atoms with Gasteiger partial charge in [-0.05, 0) is 36.8 Å². The van der Waals surface area contributed by atoms with Crippen LogP contribution in [0.2, 0.25) is 0 Å². The Balaban J connectivity index is 1.57. The number of hydrogen-bond acceptors (Lipinski definition) is 6. The summed E-state index contributed by atoms with van der Waals surface area (Å²) in [6, 6.07) is 15.0. The number of fused-ring (bicyclic) bond motifs is 2. The maximum atomic E-state index is 13.7. The lowest BCUT2D eigenvalue weighted by Gasteiger charge is -2.16. The van der Waals surface area contributed by atoms with E-state index in [-0.39, 0.29) is 0 Å². The Morgan fingerprint density at radius 2 is 1.27 bits per heavy atom. The van der Waals surface area contributed by atoms with E-state index in [4.69, 9.17) is 0 Å². The molecular weight excluding hydrogens is 516 g/mol. The van der Waals surface area contributed by atoms with Crippen LogP contribution in [0.5, 0.6) is 0 Å². The third-order valence-electron chi connectivity index (χ3n) is 7.87. The third kappa shape index (κ3) is 4.81. The Morgan fingerprint density at radius 1 is 0.675 bits per heavy atom. The molecule has 0 amide bonds. The van der Waals surface area contributed by atoms with Gasteiger partial charge in [-0.2, -0.15) is 15.8 Å². The van der Waals surface area contributed by atoms with E-state index in [2.05, 4.69) is 25.1 Å². The minimum absolute atomic E-state index is 0.294. The van der Waals surface area contributed by atoms with Crippen LogP contribution in [0, 0.1) is 34.0 Å². The van der Waals surface area contributed by atoms with Crippen molar-refractivity contribution >= 4 is 53.1 Å². The molecule has 0 fully saturated rings. The first-order chi connectivity index (χ1) is 19.5. The first kappa shape index (κ1) is 27.3. The van der Waals surface area contributed by atoms with Crippen LogP contribution in [-0.4, -0.2) is 4.57 Å². The number of unbranched alkanes of at least 4 members (excludes halogenated alkanes) is 9. The van der Waals surface area contributed by atoms with Crippen LogP contribution in [0.4, 0.5) is 0 Å². The molecule has 0 spiro atoms. The molecular formula is C33H30N4O2S. The van der Waals surface area contributed by atoms with Crippen molar-refractivity contribution in [1.82, 2.24) is 4.57 Å². The van der Waals surface area contributed by atoms with Gasteiger partial charge < -0.3 is 0 Å². The molecule has 5 rings (SSSR count). The molecule has 0 unspecified atom stereocenters. The summed E-state index contributed by atoms with van der Waals surface area (Å²) in [5.41, 5.74) is 0.291. The van der Waals surface area contributed by atoms with E-state index in [0.717, 1.165) is 30.4 Å². The second-order valence-electron chi connectivity index (χ2n) is 10.5. The molecule has 200 valence electrons. The zero-order valence-corrected chi connectivity index (χ0v) is 23.5. The van der Waals surface area contributed by atoms with E-state index in [9.17, 15) is 25.4 Å². The van der Waals surface area contributed by atoms with Crippen molar-refractivity contribution in [3.63, 3.8) is 0 Å². The molecule has 2 aromatic heterocycles. The zero-order chi connectivity index (χ0) is 28.2. The van der Waals surface area contributed by atoms with Gasteiger partial charge in [0, 0.05) is 32.8 Å². The lowest BCUT2D eigenvalue weighted by atomic mass is 9.92. The zero-order valence-electron chi connectivity index (χ0n) is 22.7. The highest BCUT2D eigenvalue weighted by atomic mass is 32.1. The van der Waals surface area contributed by atoms with Crippen molar-refractivity contribution in [2.45, 2.75) is 77.7 Å². The quantitative estimate of drug-likeness (QED) is 0.0951. The summed E-state index contributed by atoms with van der Waals surface area (Å²) in [5, 5.41) is 32.7. The highest BCUT2D eigenvalue weighted by molar-refractivity contribution is 7.25. The van der Waals surface area contributed by atoms with Gasteiger partial charge in [-0.1, -0.05) is 64.7 Å². The minimum Gasteiger partial charge on any atom is -0.274 e. The fraction of sp³-hybridized carbons (Fsp3) is 0.364. The molecule has 0 bridgehead atoms. The molecule has 0 aliphatic heterocycles. The van der Waals surface area contributed by atoms with Crippen molar-refractivity contribution in [2.24, 2.45) is 0 Å². The smallest absolute Gasteiger partial charge is 0.261 e. The van der Waals surface area contributed by atoms with Gasteiger partial charge in [0.1, 0.15) is 6.07 Å². The number of rotatable bonds is 11. The van der Waals surface area contributed by atoms with E-state index in [1.165, 1.54) is 54.4 Å². The molecule has 0 N–H and O–H groups in total. The molecule has 0 atom stereocenters.